The minimum atomic E-state index is -0.297. The van der Waals surface area contributed by atoms with Crippen molar-refractivity contribution in [3.8, 4) is 0 Å². The van der Waals surface area contributed by atoms with E-state index in [2.05, 4.69) is 42.5 Å². The fourth-order valence-corrected chi connectivity index (χ4v) is 2.78. The predicted octanol–water partition coefficient (Wildman–Crippen LogP) is 5.40. The Morgan fingerprint density at radius 1 is 1.14 bits per heavy atom. The molecule has 2 aromatic rings. The van der Waals surface area contributed by atoms with E-state index in [-0.39, 0.29) is 11.9 Å². The molecule has 2 N–H and O–H groups in total. The van der Waals surface area contributed by atoms with Gasteiger partial charge in [0.2, 0.25) is 0 Å². The third-order valence-corrected chi connectivity index (χ3v) is 4.30. The monoisotopic (exact) mass is 430 g/mol. The van der Waals surface area contributed by atoms with E-state index in [1.165, 1.54) is 12.1 Å². The maximum absolute atomic E-state index is 13.0. The Hall–Kier alpha value is -0.980. The SMILES string of the molecule is CC(NC(=S)Nc1ccc(F)cc1Br)c1ccc(Br)cc1. The lowest BCUT2D eigenvalue weighted by atomic mass is 10.1. The third kappa shape index (κ3) is 4.76. The summed E-state index contributed by atoms with van der Waals surface area (Å²) in [6, 6.07) is 12.5. The van der Waals surface area contributed by atoms with E-state index in [1.807, 2.05) is 31.2 Å². The highest BCUT2D eigenvalue weighted by molar-refractivity contribution is 9.10. The van der Waals surface area contributed by atoms with Crippen LogP contribution in [0, 0.1) is 5.82 Å². The van der Waals surface area contributed by atoms with Crippen LogP contribution in [0.4, 0.5) is 10.1 Å². The van der Waals surface area contributed by atoms with Gasteiger partial charge in [-0.25, -0.2) is 4.39 Å². The first-order chi connectivity index (χ1) is 9.95. The molecule has 0 aliphatic heterocycles. The highest BCUT2D eigenvalue weighted by Crippen LogP contribution is 2.23. The molecule has 0 amide bonds. The highest BCUT2D eigenvalue weighted by Gasteiger charge is 2.08. The summed E-state index contributed by atoms with van der Waals surface area (Å²) in [5, 5.41) is 6.73. The number of benzene rings is 2. The molecule has 0 radical (unpaired) electrons. The van der Waals surface area contributed by atoms with Gasteiger partial charge in [-0.1, -0.05) is 28.1 Å². The lowest BCUT2D eigenvalue weighted by Gasteiger charge is -2.18. The number of anilines is 1. The number of nitrogens with one attached hydrogen (secondary N) is 2. The van der Waals surface area contributed by atoms with Gasteiger partial charge >= 0.3 is 0 Å². The summed E-state index contributed by atoms with van der Waals surface area (Å²) >= 11 is 12.0. The van der Waals surface area contributed by atoms with Crippen LogP contribution in [0.25, 0.3) is 0 Å². The highest BCUT2D eigenvalue weighted by atomic mass is 79.9. The van der Waals surface area contributed by atoms with Crippen molar-refractivity contribution in [2.45, 2.75) is 13.0 Å². The van der Waals surface area contributed by atoms with Crippen LogP contribution >= 0.6 is 44.1 Å². The molecule has 0 heterocycles. The largest absolute Gasteiger partial charge is 0.356 e. The molecule has 0 saturated heterocycles. The average Bonchev–Trinajstić information content (AvgIpc) is 2.42. The maximum atomic E-state index is 13.0. The summed E-state index contributed by atoms with van der Waals surface area (Å²) in [7, 11) is 0. The van der Waals surface area contributed by atoms with Crippen molar-refractivity contribution in [1.29, 1.82) is 0 Å². The Morgan fingerprint density at radius 3 is 2.43 bits per heavy atom. The predicted molar refractivity (Wildman–Crippen MR) is 96.0 cm³/mol. The molecule has 21 heavy (non-hydrogen) atoms. The Labute approximate surface area is 145 Å². The minimum absolute atomic E-state index is 0.0670. The zero-order valence-corrected chi connectivity index (χ0v) is 15.1. The second-order valence-corrected chi connectivity index (χ2v) is 6.67. The van der Waals surface area contributed by atoms with Gasteiger partial charge in [-0.05, 0) is 71.0 Å². The molecule has 1 atom stereocenters. The van der Waals surface area contributed by atoms with Crippen LogP contribution in [-0.2, 0) is 0 Å². The van der Waals surface area contributed by atoms with Gasteiger partial charge in [0.05, 0.1) is 11.7 Å². The summed E-state index contributed by atoms with van der Waals surface area (Å²) in [5.74, 6) is -0.297. The summed E-state index contributed by atoms with van der Waals surface area (Å²) in [6.07, 6.45) is 0. The van der Waals surface area contributed by atoms with Crippen LogP contribution < -0.4 is 10.6 Å². The average molecular weight is 432 g/mol. The summed E-state index contributed by atoms with van der Waals surface area (Å²) in [5.41, 5.74) is 1.84. The molecular formula is C15H13Br2FN2S. The molecule has 0 aliphatic carbocycles. The topological polar surface area (TPSA) is 24.1 Å². The van der Waals surface area contributed by atoms with Gasteiger partial charge in [-0.15, -0.1) is 0 Å². The van der Waals surface area contributed by atoms with Crippen LogP contribution in [0.3, 0.4) is 0 Å². The van der Waals surface area contributed by atoms with Crippen LogP contribution in [0.1, 0.15) is 18.5 Å². The van der Waals surface area contributed by atoms with E-state index in [4.69, 9.17) is 12.2 Å². The van der Waals surface area contributed by atoms with Crippen LogP contribution in [-0.4, -0.2) is 5.11 Å². The van der Waals surface area contributed by atoms with E-state index in [0.717, 1.165) is 15.7 Å². The molecule has 110 valence electrons. The molecule has 0 saturated carbocycles. The first kappa shape index (κ1) is 16.4. The standard InChI is InChI=1S/C15H13Br2FN2S/c1-9(10-2-4-11(16)5-3-10)19-15(21)20-14-7-6-12(18)8-13(14)17/h2-9H,1H3,(H2,19,20,21). The maximum Gasteiger partial charge on any atom is 0.171 e. The second-order valence-electron chi connectivity index (χ2n) is 4.50. The minimum Gasteiger partial charge on any atom is -0.356 e. The number of rotatable bonds is 3. The molecule has 0 bridgehead atoms. The zero-order chi connectivity index (χ0) is 15.4. The Balaban J connectivity index is 1.99. The molecule has 0 aliphatic rings. The molecule has 2 rings (SSSR count). The van der Waals surface area contributed by atoms with E-state index < -0.39 is 0 Å². The van der Waals surface area contributed by atoms with E-state index >= 15 is 0 Å². The van der Waals surface area contributed by atoms with Crippen molar-refractivity contribution >= 4 is 54.9 Å². The van der Waals surface area contributed by atoms with Crippen molar-refractivity contribution in [2.75, 3.05) is 5.32 Å². The molecule has 0 aromatic heterocycles. The van der Waals surface area contributed by atoms with Gasteiger partial charge in [0.1, 0.15) is 5.82 Å². The van der Waals surface area contributed by atoms with Gasteiger partial charge in [0.25, 0.3) is 0 Å². The molecule has 2 nitrogen and oxygen atoms in total. The molecule has 6 heteroatoms. The number of halogens is 3. The molecule has 0 spiro atoms. The normalized spacial score (nSPS) is 11.8. The summed E-state index contributed by atoms with van der Waals surface area (Å²) < 4.78 is 14.7. The molecular weight excluding hydrogens is 419 g/mol. The third-order valence-electron chi connectivity index (χ3n) is 2.90. The van der Waals surface area contributed by atoms with E-state index in [1.54, 1.807) is 6.07 Å². The van der Waals surface area contributed by atoms with Crippen molar-refractivity contribution in [3.05, 3.63) is 62.8 Å². The van der Waals surface area contributed by atoms with Crippen LogP contribution in [0.15, 0.2) is 51.4 Å². The van der Waals surface area contributed by atoms with Gasteiger partial charge in [0.15, 0.2) is 5.11 Å². The van der Waals surface area contributed by atoms with E-state index in [9.17, 15) is 4.39 Å². The Morgan fingerprint density at radius 2 is 1.81 bits per heavy atom. The van der Waals surface area contributed by atoms with Crippen LogP contribution in [0.5, 0.6) is 0 Å². The van der Waals surface area contributed by atoms with Gasteiger partial charge in [0, 0.05) is 8.95 Å². The van der Waals surface area contributed by atoms with E-state index in [0.29, 0.717) is 9.59 Å². The summed E-state index contributed by atoms with van der Waals surface area (Å²) in [6.45, 7) is 2.02. The fourth-order valence-electron chi connectivity index (χ4n) is 1.78. The Kier molecular flexibility index (Phi) is 5.72. The molecule has 2 aromatic carbocycles. The number of hydrogen-bond acceptors (Lipinski definition) is 1. The first-order valence-corrected chi connectivity index (χ1v) is 8.23. The second kappa shape index (κ2) is 7.33. The van der Waals surface area contributed by atoms with Crippen molar-refractivity contribution in [1.82, 2.24) is 5.32 Å². The lowest BCUT2D eigenvalue weighted by molar-refractivity contribution is 0.627. The van der Waals surface area contributed by atoms with Crippen molar-refractivity contribution in [2.24, 2.45) is 0 Å². The van der Waals surface area contributed by atoms with Crippen molar-refractivity contribution in [3.63, 3.8) is 0 Å². The number of thiocarbonyl (C=S) groups is 1. The first-order valence-electron chi connectivity index (χ1n) is 6.24. The molecule has 0 fully saturated rings. The number of hydrogen-bond donors (Lipinski definition) is 2. The lowest BCUT2D eigenvalue weighted by Crippen LogP contribution is -2.31. The smallest absolute Gasteiger partial charge is 0.171 e. The van der Waals surface area contributed by atoms with Gasteiger partial charge in [-0.2, -0.15) is 0 Å². The fraction of sp³-hybridized carbons (Fsp3) is 0.133. The summed E-state index contributed by atoms with van der Waals surface area (Å²) in [4.78, 5) is 0. The zero-order valence-electron chi connectivity index (χ0n) is 11.2. The quantitative estimate of drug-likeness (QED) is 0.636. The van der Waals surface area contributed by atoms with Gasteiger partial charge < -0.3 is 10.6 Å². The van der Waals surface area contributed by atoms with Crippen LogP contribution in [0.2, 0.25) is 0 Å². The van der Waals surface area contributed by atoms with Gasteiger partial charge in [-0.3, -0.25) is 0 Å². The Bertz CT molecular complexity index is 647. The van der Waals surface area contributed by atoms with Crippen molar-refractivity contribution < 1.29 is 4.39 Å². The molecule has 1 unspecified atom stereocenters.